The molecule has 0 amide bonds. The zero-order valence-electron chi connectivity index (χ0n) is 23.7. The maximum atomic E-state index is 8.89. The molecule has 4 heterocycles. The van der Waals surface area contributed by atoms with Crippen molar-refractivity contribution in [2.75, 3.05) is 0 Å². The summed E-state index contributed by atoms with van der Waals surface area (Å²) in [5.41, 5.74) is 3.64. The summed E-state index contributed by atoms with van der Waals surface area (Å²) in [5, 5.41) is 40.0. The Balaban J connectivity index is 0. The Kier molecular flexibility index (Phi) is 20.6. The summed E-state index contributed by atoms with van der Waals surface area (Å²) in [5.74, 6) is -4.33. The molecule has 2 radical (unpaired) electrons. The molecule has 0 aliphatic heterocycles. The Hall–Kier alpha value is -4.74. The molecule has 4 aromatic heterocycles. The van der Waals surface area contributed by atoms with Crippen LogP contribution in [-0.2, 0) is 53.3 Å². The molecule has 44 heavy (non-hydrogen) atoms. The second-order valence-electron chi connectivity index (χ2n) is 7.91. The van der Waals surface area contributed by atoms with E-state index < -0.39 is 23.9 Å². The third-order valence-corrected chi connectivity index (χ3v) is 4.36. The van der Waals surface area contributed by atoms with Crippen molar-refractivity contribution in [1.82, 2.24) is 9.97 Å². The van der Waals surface area contributed by atoms with E-state index >= 15 is 0 Å². The number of para-hydroxylation sites is 2. The molecule has 0 bridgehead atoms. The summed E-state index contributed by atoms with van der Waals surface area (Å²) in [4.78, 5) is 43.7. The van der Waals surface area contributed by atoms with Gasteiger partial charge in [-0.1, -0.05) is 36.4 Å². The van der Waals surface area contributed by atoms with E-state index in [2.05, 4.69) is 9.97 Å². The number of carbonyl (C=O) groups is 4. The molecule has 0 atom stereocenters. The molecule has 0 aliphatic rings. The quantitative estimate of drug-likeness (QED) is 0.203. The number of carboxylic acids is 4. The van der Waals surface area contributed by atoms with Crippen LogP contribution >= 0.6 is 0 Å². The minimum absolute atomic E-state index is 0. The third-order valence-electron chi connectivity index (χ3n) is 4.36. The number of pyridine rings is 2. The zero-order chi connectivity index (χ0) is 31.7. The molecular weight excluding hydrogens is 675 g/mol. The predicted octanol–water partition coefficient (Wildman–Crippen LogP) is 0.982. The average molecular weight is 702 g/mol. The number of hydrogen-bond donors (Lipinski definition) is 0. The van der Waals surface area contributed by atoms with Gasteiger partial charge in [0.2, 0.25) is 0 Å². The van der Waals surface area contributed by atoms with Crippen LogP contribution in [0.4, 0.5) is 0 Å². The van der Waals surface area contributed by atoms with Crippen molar-refractivity contribution in [3.63, 3.8) is 0 Å². The number of carboxylic acid groups (broad SMARTS) is 4. The SMILES string of the molecule is CC(=O)[O-].CC(=O)[O-].CC(=O)[O-].CC(=O)[O-].[Cu+2].[Cu+2].c1ccc2c(c1)oc1ccncc12.c1ccc2c(c1)oc1ccncc12. The van der Waals surface area contributed by atoms with Crippen molar-refractivity contribution < 1.29 is 82.6 Å². The minimum Gasteiger partial charge on any atom is -0.550 e. The summed E-state index contributed by atoms with van der Waals surface area (Å²) >= 11 is 0. The fraction of sp³-hybridized carbons (Fsp3) is 0.133. The first-order valence-electron chi connectivity index (χ1n) is 12.0. The van der Waals surface area contributed by atoms with Crippen molar-refractivity contribution in [3.8, 4) is 0 Å². The smallest absolute Gasteiger partial charge is 0.550 e. The minimum atomic E-state index is -1.08. The summed E-state index contributed by atoms with van der Waals surface area (Å²) < 4.78 is 11.2. The summed E-state index contributed by atoms with van der Waals surface area (Å²) in [7, 11) is 0. The first-order chi connectivity index (χ1) is 19.8. The van der Waals surface area contributed by atoms with Crippen LogP contribution in [0, 0.1) is 0 Å². The number of aromatic nitrogens is 2. The molecule has 0 unspecified atom stereocenters. The molecule has 0 saturated carbocycles. The molecule has 6 aromatic rings. The van der Waals surface area contributed by atoms with E-state index in [0.717, 1.165) is 71.6 Å². The molecule has 14 heteroatoms. The Labute approximate surface area is 272 Å². The monoisotopic (exact) mass is 700 g/mol. The van der Waals surface area contributed by atoms with Crippen molar-refractivity contribution in [2.24, 2.45) is 0 Å². The fourth-order valence-electron chi connectivity index (χ4n) is 3.14. The van der Waals surface area contributed by atoms with Gasteiger partial charge in [-0.3, -0.25) is 9.97 Å². The van der Waals surface area contributed by atoms with Crippen LogP contribution in [0.1, 0.15) is 27.7 Å². The third kappa shape index (κ3) is 16.0. The molecule has 0 fully saturated rings. The van der Waals surface area contributed by atoms with Crippen molar-refractivity contribution >= 4 is 67.8 Å². The number of fused-ring (bicyclic) bond motifs is 6. The van der Waals surface area contributed by atoms with Gasteiger partial charge >= 0.3 is 34.1 Å². The van der Waals surface area contributed by atoms with Gasteiger partial charge in [0.1, 0.15) is 22.3 Å². The Bertz CT molecular complexity index is 1500. The van der Waals surface area contributed by atoms with E-state index in [1.165, 1.54) is 0 Å². The second kappa shape index (κ2) is 21.9. The average Bonchev–Trinajstić information content (AvgIpc) is 3.46. The maximum Gasteiger partial charge on any atom is 2.00 e. The van der Waals surface area contributed by atoms with E-state index in [-0.39, 0.29) is 34.1 Å². The number of rotatable bonds is 0. The van der Waals surface area contributed by atoms with Crippen LogP contribution in [0.2, 0.25) is 0 Å². The zero-order valence-corrected chi connectivity index (χ0v) is 25.5. The Morgan fingerprint density at radius 3 is 1.02 bits per heavy atom. The van der Waals surface area contributed by atoms with E-state index in [9.17, 15) is 0 Å². The molecule has 238 valence electrons. The molecule has 0 spiro atoms. The van der Waals surface area contributed by atoms with Crippen LogP contribution in [0.15, 0.2) is 94.3 Å². The largest absolute Gasteiger partial charge is 2.00 e. The number of carbonyl (C=O) groups excluding carboxylic acids is 4. The van der Waals surface area contributed by atoms with Crippen LogP contribution in [-0.4, -0.2) is 33.8 Å². The molecule has 0 aliphatic carbocycles. The van der Waals surface area contributed by atoms with Crippen LogP contribution in [0.3, 0.4) is 0 Å². The maximum absolute atomic E-state index is 8.89. The van der Waals surface area contributed by atoms with Crippen molar-refractivity contribution in [3.05, 3.63) is 85.5 Å². The Morgan fingerprint density at radius 1 is 0.477 bits per heavy atom. The van der Waals surface area contributed by atoms with Gasteiger partial charge in [-0.25, -0.2) is 0 Å². The van der Waals surface area contributed by atoms with Gasteiger partial charge in [0, 0.05) is 70.2 Å². The number of nitrogens with zero attached hydrogens (tertiary/aromatic N) is 2. The van der Waals surface area contributed by atoms with Gasteiger partial charge in [0.15, 0.2) is 0 Å². The summed E-state index contributed by atoms with van der Waals surface area (Å²) in [6, 6.07) is 19.7. The van der Waals surface area contributed by atoms with Gasteiger partial charge in [0.05, 0.1) is 0 Å². The summed E-state index contributed by atoms with van der Waals surface area (Å²) in [6.07, 6.45) is 7.15. The topological polar surface area (TPSA) is 213 Å². The molecule has 2 aromatic carbocycles. The van der Waals surface area contributed by atoms with Crippen LogP contribution < -0.4 is 20.4 Å². The van der Waals surface area contributed by atoms with E-state index in [1.54, 1.807) is 12.4 Å². The molecule has 12 nitrogen and oxygen atoms in total. The van der Waals surface area contributed by atoms with E-state index in [0.29, 0.717) is 0 Å². The molecule has 0 saturated heterocycles. The number of furan rings is 2. The number of benzene rings is 2. The fourth-order valence-corrected chi connectivity index (χ4v) is 3.14. The summed E-state index contributed by atoms with van der Waals surface area (Å²) in [6.45, 7) is 3.89. The first kappa shape index (κ1) is 41.4. The molecule has 0 N–H and O–H groups in total. The standard InChI is InChI=1S/2C11H7NO.4C2H4O2.2Cu/c2*1-2-4-10-8(3-1)9-7-12-6-5-11(9)13-10;4*1-2(3)4;;/h2*1-7H;4*1H3,(H,3,4);;/q;;;;;;2*+2/p-4. The first-order valence-corrected chi connectivity index (χ1v) is 12.0. The second-order valence-corrected chi connectivity index (χ2v) is 7.91. The van der Waals surface area contributed by atoms with E-state index in [4.69, 9.17) is 48.4 Å². The molecule has 6 rings (SSSR count). The van der Waals surface area contributed by atoms with Gasteiger partial charge in [0.25, 0.3) is 0 Å². The number of aliphatic carboxylic acids is 4. The van der Waals surface area contributed by atoms with Gasteiger partial charge in [-0.2, -0.15) is 0 Å². The number of hydrogen-bond acceptors (Lipinski definition) is 12. The molecular formula is C30H26Cu2N2O10. The van der Waals surface area contributed by atoms with Crippen molar-refractivity contribution in [2.45, 2.75) is 27.7 Å². The van der Waals surface area contributed by atoms with Crippen LogP contribution in [0.25, 0.3) is 43.9 Å². The van der Waals surface area contributed by atoms with Gasteiger partial charge < -0.3 is 48.4 Å². The Morgan fingerprint density at radius 2 is 0.727 bits per heavy atom. The van der Waals surface area contributed by atoms with Crippen LogP contribution in [0.5, 0.6) is 0 Å². The van der Waals surface area contributed by atoms with Gasteiger partial charge in [-0.05, 0) is 52.0 Å². The predicted molar refractivity (Wildman–Crippen MR) is 146 cm³/mol. The van der Waals surface area contributed by atoms with Crippen molar-refractivity contribution in [1.29, 1.82) is 0 Å². The van der Waals surface area contributed by atoms with E-state index in [1.807, 2.05) is 73.1 Å². The normalized spacial score (nSPS) is 8.82. The van der Waals surface area contributed by atoms with Gasteiger partial charge in [-0.15, -0.1) is 0 Å².